The number of rotatable bonds is 9. The van der Waals surface area contributed by atoms with Gasteiger partial charge in [0.15, 0.2) is 0 Å². The molecule has 0 spiro atoms. The Bertz CT molecular complexity index is 1260. The van der Waals surface area contributed by atoms with Gasteiger partial charge in [-0.2, -0.15) is 0 Å². The molecule has 9 nitrogen and oxygen atoms in total. The van der Waals surface area contributed by atoms with E-state index in [1.54, 1.807) is 36.8 Å². The Labute approximate surface area is 278 Å². The molecule has 0 N–H and O–H groups in total. The molecule has 0 saturated heterocycles. The van der Waals surface area contributed by atoms with Gasteiger partial charge in [0.2, 0.25) is 0 Å². The Kier molecular flexibility index (Phi) is 12.6. The van der Waals surface area contributed by atoms with Gasteiger partial charge in [0.1, 0.15) is 15.5 Å². The van der Waals surface area contributed by atoms with Crippen molar-refractivity contribution in [2.75, 3.05) is 19.8 Å². The van der Waals surface area contributed by atoms with Crippen molar-refractivity contribution in [2.24, 2.45) is 17.8 Å². The molecule has 2 unspecified atom stereocenters. The number of esters is 3. The molecule has 0 aromatic carbocycles. The van der Waals surface area contributed by atoms with Crippen LogP contribution in [0.5, 0.6) is 0 Å². The first-order chi connectivity index (χ1) is 21.7. The normalized spacial score (nSPS) is 23.6. The standard InChI is InChI=1S/3C11H12ClNO2/c3*1-2-15-11(14)9-5-8(9)7-3-4-10(12)13-6-7/h3*3-4,6,8-9H,2,5H2,1H3/t2*8-,9+;/m10./s1. The van der Waals surface area contributed by atoms with Gasteiger partial charge in [0, 0.05) is 18.6 Å². The first kappa shape index (κ1) is 34.6. The molecule has 0 bridgehead atoms. The fourth-order valence-corrected chi connectivity index (χ4v) is 5.37. The molecule has 3 aliphatic carbocycles. The van der Waals surface area contributed by atoms with Crippen LogP contribution >= 0.6 is 34.8 Å². The highest BCUT2D eigenvalue weighted by Crippen LogP contribution is 2.49. The number of halogens is 3. The zero-order chi connectivity index (χ0) is 32.5. The minimum Gasteiger partial charge on any atom is -0.466 e. The second-order valence-corrected chi connectivity index (χ2v) is 12.0. The van der Waals surface area contributed by atoms with E-state index in [0.717, 1.165) is 36.0 Å². The van der Waals surface area contributed by atoms with Gasteiger partial charge in [-0.25, -0.2) is 15.0 Å². The number of hydrogen-bond acceptors (Lipinski definition) is 9. The van der Waals surface area contributed by atoms with Gasteiger partial charge in [0.05, 0.1) is 37.6 Å². The van der Waals surface area contributed by atoms with Gasteiger partial charge >= 0.3 is 17.9 Å². The summed E-state index contributed by atoms with van der Waals surface area (Å²) in [5.41, 5.74) is 3.20. The molecule has 3 aliphatic rings. The van der Waals surface area contributed by atoms with E-state index < -0.39 is 0 Å². The van der Waals surface area contributed by atoms with Crippen LogP contribution in [0.3, 0.4) is 0 Å². The van der Waals surface area contributed by atoms with Crippen LogP contribution in [-0.4, -0.2) is 52.7 Å². The Balaban J connectivity index is 0.000000154. The molecule has 3 saturated carbocycles. The molecule has 12 heteroatoms. The van der Waals surface area contributed by atoms with Crippen molar-refractivity contribution in [2.45, 2.75) is 57.8 Å². The summed E-state index contributed by atoms with van der Waals surface area (Å²) >= 11 is 17.0. The van der Waals surface area contributed by atoms with E-state index in [9.17, 15) is 14.4 Å². The molecule has 3 fully saturated rings. The number of carbonyl (C=O) groups excluding carboxylic acids is 3. The predicted molar refractivity (Wildman–Crippen MR) is 170 cm³/mol. The fourth-order valence-electron chi connectivity index (χ4n) is 5.04. The molecule has 6 atom stereocenters. The molecule has 0 amide bonds. The van der Waals surface area contributed by atoms with Crippen LogP contribution in [0.1, 0.15) is 74.5 Å². The van der Waals surface area contributed by atoms with Crippen molar-refractivity contribution in [3.05, 3.63) is 87.1 Å². The zero-order valence-electron chi connectivity index (χ0n) is 25.3. The second-order valence-electron chi connectivity index (χ2n) is 10.8. The molecular weight excluding hydrogens is 641 g/mol. The van der Waals surface area contributed by atoms with Crippen molar-refractivity contribution >= 4 is 52.7 Å². The number of carbonyl (C=O) groups is 3. The highest BCUT2D eigenvalue weighted by molar-refractivity contribution is 6.29. The molecule has 3 aromatic heterocycles. The van der Waals surface area contributed by atoms with Crippen molar-refractivity contribution in [1.29, 1.82) is 0 Å². The van der Waals surface area contributed by atoms with Gasteiger partial charge in [-0.05, 0) is 92.7 Å². The molecule has 3 heterocycles. The molecule has 3 aromatic rings. The smallest absolute Gasteiger partial charge is 0.309 e. The summed E-state index contributed by atoms with van der Waals surface area (Å²) in [6.45, 7) is 6.79. The van der Waals surface area contributed by atoms with Crippen LogP contribution in [0.4, 0.5) is 0 Å². The largest absolute Gasteiger partial charge is 0.466 e. The van der Waals surface area contributed by atoms with E-state index in [4.69, 9.17) is 49.0 Å². The lowest BCUT2D eigenvalue weighted by atomic mass is 10.1. The minimum absolute atomic E-state index is 0.0212. The Morgan fingerprint density at radius 3 is 1.02 bits per heavy atom. The molecule has 0 aliphatic heterocycles. The minimum atomic E-state index is -0.0996. The summed E-state index contributed by atoms with van der Waals surface area (Å²) in [5, 5.41) is 1.44. The van der Waals surface area contributed by atoms with Gasteiger partial charge < -0.3 is 14.2 Å². The van der Waals surface area contributed by atoms with Crippen molar-refractivity contribution in [3.63, 3.8) is 0 Å². The molecule has 0 radical (unpaired) electrons. The topological polar surface area (TPSA) is 118 Å². The summed E-state index contributed by atoms with van der Waals surface area (Å²) in [6, 6.07) is 11.0. The monoisotopic (exact) mass is 675 g/mol. The first-order valence-corrected chi connectivity index (χ1v) is 16.1. The molecule has 45 heavy (non-hydrogen) atoms. The summed E-state index contributed by atoms with van der Waals surface area (Å²) in [4.78, 5) is 46.1. The van der Waals surface area contributed by atoms with Crippen molar-refractivity contribution < 1.29 is 28.6 Å². The molecular formula is C33H36Cl3N3O6. The maximum absolute atomic E-state index is 11.4. The van der Waals surface area contributed by atoms with E-state index in [0.29, 0.717) is 35.3 Å². The maximum atomic E-state index is 11.4. The Hall–Kier alpha value is -3.27. The number of hydrogen-bond donors (Lipinski definition) is 0. The first-order valence-electron chi connectivity index (χ1n) is 15.0. The third-order valence-electron chi connectivity index (χ3n) is 7.67. The summed E-state index contributed by atoms with van der Waals surface area (Å²) in [7, 11) is 0. The quantitative estimate of drug-likeness (QED) is 0.132. The predicted octanol–water partition coefficient (Wildman–Crippen LogP) is 7.20. The van der Waals surface area contributed by atoms with Crippen LogP contribution in [0.15, 0.2) is 55.0 Å². The van der Waals surface area contributed by atoms with Crippen molar-refractivity contribution in [3.8, 4) is 0 Å². The number of pyridine rings is 3. The van der Waals surface area contributed by atoms with Gasteiger partial charge in [-0.15, -0.1) is 0 Å². The summed E-state index contributed by atoms with van der Waals surface area (Å²) in [6.07, 6.45) is 7.77. The van der Waals surface area contributed by atoms with Crippen LogP contribution in [-0.2, 0) is 28.6 Å². The van der Waals surface area contributed by atoms with E-state index >= 15 is 0 Å². The molecule has 240 valence electrons. The summed E-state index contributed by atoms with van der Waals surface area (Å²) < 4.78 is 14.9. The van der Waals surface area contributed by atoms with Gasteiger partial charge in [-0.3, -0.25) is 14.4 Å². The second kappa shape index (κ2) is 16.3. The Morgan fingerprint density at radius 2 is 0.822 bits per heavy atom. The average Bonchev–Trinajstić information content (AvgIpc) is 3.90. The fraction of sp³-hybridized carbons (Fsp3) is 0.455. The molecule has 6 rings (SSSR count). The third-order valence-corrected chi connectivity index (χ3v) is 8.35. The number of nitrogens with zero attached hydrogens (tertiary/aromatic N) is 3. The zero-order valence-corrected chi connectivity index (χ0v) is 27.6. The van der Waals surface area contributed by atoms with Crippen LogP contribution < -0.4 is 0 Å². The van der Waals surface area contributed by atoms with Gasteiger partial charge in [-0.1, -0.05) is 53.0 Å². The van der Waals surface area contributed by atoms with Gasteiger partial charge in [0.25, 0.3) is 0 Å². The Morgan fingerprint density at radius 1 is 0.556 bits per heavy atom. The van der Waals surface area contributed by atoms with Crippen LogP contribution in [0, 0.1) is 17.8 Å². The lowest BCUT2D eigenvalue weighted by molar-refractivity contribution is -0.145. The lowest BCUT2D eigenvalue weighted by Gasteiger charge is -2.00. The number of ether oxygens (including phenoxy) is 3. The van der Waals surface area contributed by atoms with Crippen molar-refractivity contribution in [1.82, 2.24) is 15.0 Å². The highest BCUT2D eigenvalue weighted by Gasteiger charge is 2.46. The third kappa shape index (κ3) is 10.1. The van der Waals surface area contributed by atoms with E-state index in [1.165, 1.54) is 0 Å². The highest BCUT2D eigenvalue weighted by atomic mass is 35.5. The average molecular weight is 677 g/mol. The van der Waals surface area contributed by atoms with Crippen LogP contribution in [0.2, 0.25) is 15.5 Å². The maximum Gasteiger partial charge on any atom is 0.309 e. The summed E-state index contributed by atoms with van der Waals surface area (Å²) in [5.74, 6) is 0.581. The SMILES string of the molecule is CCOC(=O)C1CC1c1ccc(Cl)nc1.CCOC(=O)[C@@H]1C[C@H]1c1ccc(Cl)nc1.CCOC(=O)[C@H]1C[C@@H]1c1ccc(Cl)nc1. The van der Waals surface area contributed by atoms with E-state index in [2.05, 4.69) is 15.0 Å². The van der Waals surface area contributed by atoms with E-state index in [-0.39, 0.29) is 53.4 Å². The lowest BCUT2D eigenvalue weighted by Crippen LogP contribution is -2.07. The van der Waals surface area contributed by atoms with Crippen LogP contribution in [0.25, 0.3) is 0 Å². The number of aromatic nitrogens is 3. The van der Waals surface area contributed by atoms with E-state index in [1.807, 2.05) is 39.0 Å².